The number of nitrogens with zero attached hydrogens (tertiary/aromatic N) is 2. The minimum atomic E-state index is -3.52. The number of amides is 3. The molecule has 8 atom stereocenters. The van der Waals surface area contributed by atoms with E-state index in [2.05, 4.69) is 43.6 Å². The summed E-state index contributed by atoms with van der Waals surface area (Å²) in [6, 6.07) is 10.7. The first-order valence-electron chi connectivity index (χ1n) is 18.1. The fourth-order valence-corrected chi connectivity index (χ4v) is 10.8. The first-order valence-corrected chi connectivity index (χ1v) is 20.1. The number of carbonyl (C=O) groups is 2. The molecule has 3 N–H and O–H groups in total. The van der Waals surface area contributed by atoms with Crippen LogP contribution in [0.25, 0.3) is 0 Å². The number of allylic oxidation sites excluding steroid dienone is 1. The van der Waals surface area contributed by atoms with Gasteiger partial charge in [0.05, 0.1) is 30.3 Å². The number of ether oxygens (including phenoxy) is 2. The minimum Gasteiger partial charge on any atom is -0.490 e. The van der Waals surface area contributed by atoms with Crippen LogP contribution in [0, 0.1) is 17.8 Å². The average molecular weight is 725 g/mol. The van der Waals surface area contributed by atoms with Crippen molar-refractivity contribution in [3.05, 3.63) is 70.3 Å². The maximum Gasteiger partial charge on any atom is 0.327 e. The third-order valence-corrected chi connectivity index (χ3v) is 13.7. The minimum absolute atomic E-state index is 0.000381. The van der Waals surface area contributed by atoms with E-state index in [0.29, 0.717) is 56.4 Å². The molecule has 12 heteroatoms. The molecule has 10 nitrogen and oxygen atoms in total. The predicted octanol–water partition coefficient (Wildman–Crippen LogP) is 6.19. The van der Waals surface area contributed by atoms with Gasteiger partial charge < -0.3 is 24.8 Å². The van der Waals surface area contributed by atoms with Gasteiger partial charge in [0, 0.05) is 42.2 Å². The van der Waals surface area contributed by atoms with Crippen LogP contribution in [0.1, 0.15) is 79.8 Å². The number of urea groups is 1. The van der Waals surface area contributed by atoms with Gasteiger partial charge in [0.1, 0.15) is 15.7 Å². The van der Waals surface area contributed by atoms with Gasteiger partial charge in [0.15, 0.2) is 0 Å². The molecule has 1 unspecified atom stereocenters. The van der Waals surface area contributed by atoms with Crippen LogP contribution in [0.15, 0.2) is 52.9 Å². The SMILES string of the molecule is CO[C@H]1/C=C\C[C@H](C)CS(=O)(NC(=O)N[C@@H]2CC[C@@H](O)C2)=NC(=O)c2ccc3c(c2)N(C[C@@H]2CC[C@H]21)C[C@@]1(CCCc2cc(Cl)ccc21)CO3. The zero-order valence-corrected chi connectivity index (χ0v) is 30.5. The Morgan fingerprint density at radius 2 is 2.04 bits per heavy atom. The molecule has 2 aromatic carbocycles. The molecular formula is C38H49ClN4O6S. The van der Waals surface area contributed by atoms with E-state index < -0.39 is 28.0 Å². The fourth-order valence-electron chi connectivity index (χ4n) is 8.82. The van der Waals surface area contributed by atoms with Crippen LogP contribution in [-0.4, -0.2) is 72.1 Å². The van der Waals surface area contributed by atoms with Gasteiger partial charge in [0.25, 0.3) is 5.91 Å². The highest BCUT2D eigenvalue weighted by Crippen LogP contribution is 2.47. The maximum atomic E-state index is 14.4. The zero-order chi connectivity index (χ0) is 35.0. The Balaban J connectivity index is 1.27. The molecule has 2 heterocycles. The summed E-state index contributed by atoms with van der Waals surface area (Å²) in [6.45, 7) is 3.94. The number of hydrogen-bond donors (Lipinski definition) is 3. The van der Waals surface area contributed by atoms with Gasteiger partial charge in [0.2, 0.25) is 0 Å². The van der Waals surface area contributed by atoms with E-state index in [4.69, 9.17) is 21.1 Å². The topological polar surface area (TPSA) is 130 Å². The van der Waals surface area contributed by atoms with Crippen LogP contribution in [-0.2, 0) is 26.5 Å². The summed E-state index contributed by atoms with van der Waals surface area (Å²) < 4.78 is 33.9. The van der Waals surface area contributed by atoms with Crippen molar-refractivity contribution in [2.75, 3.05) is 37.5 Å². The molecule has 2 saturated carbocycles. The van der Waals surface area contributed by atoms with Gasteiger partial charge >= 0.3 is 6.03 Å². The van der Waals surface area contributed by atoms with Gasteiger partial charge in [-0.25, -0.2) is 9.00 Å². The van der Waals surface area contributed by atoms with Crippen molar-refractivity contribution >= 4 is 39.1 Å². The molecule has 2 aromatic rings. The lowest BCUT2D eigenvalue weighted by molar-refractivity contribution is 0.0131. The van der Waals surface area contributed by atoms with Crippen LogP contribution in [0.4, 0.5) is 10.5 Å². The van der Waals surface area contributed by atoms with Gasteiger partial charge in [-0.1, -0.05) is 36.7 Å². The summed E-state index contributed by atoms with van der Waals surface area (Å²) >= 11 is 6.45. The fraction of sp³-hybridized carbons (Fsp3) is 0.579. The van der Waals surface area contributed by atoms with Crippen LogP contribution in [0.3, 0.4) is 0 Å². The van der Waals surface area contributed by atoms with Gasteiger partial charge in [-0.15, -0.1) is 4.36 Å². The van der Waals surface area contributed by atoms with E-state index in [1.54, 1.807) is 13.2 Å². The Kier molecular flexibility index (Phi) is 10.2. The monoisotopic (exact) mass is 724 g/mol. The number of benzene rings is 2. The molecule has 0 aromatic heterocycles. The van der Waals surface area contributed by atoms with Crippen molar-refractivity contribution < 1.29 is 28.4 Å². The van der Waals surface area contributed by atoms with Crippen LogP contribution in [0.5, 0.6) is 5.75 Å². The van der Waals surface area contributed by atoms with Gasteiger partial charge in [-0.2, -0.15) is 0 Å². The van der Waals surface area contributed by atoms with Crippen molar-refractivity contribution in [2.24, 2.45) is 22.1 Å². The van der Waals surface area contributed by atoms with E-state index >= 15 is 0 Å². The summed E-state index contributed by atoms with van der Waals surface area (Å²) in [5.74, 6) is 0.625. The average Bonchev–Trinajstić information content (AvgIpc) is 3.40. The van der Waals surface area contributed by atoms with E-state index in [1.807, 2.05) is 25.1 Å². The van der Waals surface area contributed by atoms with E-state index in [-0.39, 0.29) is 34.8 Å². The molecule has 270 valence electrons. The number of methoxy groups -OCH3 is 1. The van der Waals surface area contributed by atoms with Crippen LogP contribution >= 0.6 is 11.6 Å². The molecule has 2 aliphatic heterocycles. The Bertz CT molecular complexity index is 1780. The number of aryl methyl sites for hydroxylation is 1. The number of hydrogen-bond acceptors (Lipinski definition) is 7. The largest absolute Gasteiger partial charge is 0.490 e. The Labute approximate surface area is 300 Å². The van der Waals surface area contributed by atoms with Crippen LogP contribution in [0.2, 0.25) is 5.02 Å². The molecule has 1 spiro atoms. The Hall–Kier alpha value is -3.12. The van der Waals surface area contributed by atoms with Crippen molar-refractivity contribution in [2.45, 2.75) is 88.4 Å². The molecule has 3 amide bonds. The lowest BCUT2D eigenvalue weighted by Crippen LogP contribution is -2.49. The van der Waals surface area contributed by atoms with E-state index in [9.17, 15) is 18.9 Å². The second-order valence-electron chi connectivity index (χ2n) is 15.2. The number of carbonyl (C=O) groups excluding carboxylic acids is 2. The molecule has 0 saturated heterocycles. The number of halogens is 1. The molecule has 5 aliphatic rings. The summed E-state index contributed by atoms with van der Waals surface area (Å²) in [6.07, 6.45) is 11.0. The number of anilines is 1. The lowest BCUT2D eigenvalue weighted by Gasteiger charge is -2.46. The quantitative estimate of drug-likeness (QED) is 0.322. The number of nitrogens with one attached hydrogen (secondary N) is 2. The Morgan fingerprint density at radius 1 is 1.18 bits per heavy atom. The van der Waals surface area contributed by atoms with Crippen LogP contribution < -0.4 is 19.7 Å². The third kappa shape index (κ3) is 7.43. The molecule has 7 rings (SSSR count). The smallest absolute Gasteiger partial charge is 0.327 e. The summed E-state index contributed by atoms with van der Waals surface area (Å²) in [7, 11) is -1.76. The van der Waals surface area contributed by atoms with Gasteiger partial charge in [-0.3, -0.25) is 9.52 Å². The van der Waals surface area contributed by atoms with Crippen molar-refractivity contribution in [1.82, 2.24) is 10.0 Å². The first kappa shape index (κ1) is 35.3. The summed E-state index contributed by atoms with van der Waals surface area (Å²) in [5, 5.41) is 13.5. The van der Waals surface area contributed by atoms with Crippen molar-refractivity contribution in [3.63, 3.8) is 0 Å². The summed E-state index contributed by atoms with van der Waals surface area (Å²) in [4.78, 5) is 29.4. The number of aliphatic hydroxyl groups is 1. The molecule has 2 fully saturated rings. The number of rotatable bonds is 3. The second kappa shape index (κ2) is 14.5. The zero-order valence-electron chi connectivity index (χ0n) is 28.9. The predicted molar refractivity (Wildman–Crippen MR) is 195 cm³/mol. The normalized spacial score (nSPS) is 34.6. The Morgan fingerprint density at radius 3 is 2.80 bits per heavy atom. The first-order chi connectivity index (χ1) is 24.0. The number of fused-ring (bicyclic) bond motifs is 4. The standard InChI is InChI=1S/C38H49ClN4O6S/c1-24-5-3-7-34(48-2)31-13-8-27(31)20-43-22-38(16-4-6-25-17-28(39)10-14-32(25)38)23-49-35-15-9-26(18-33(35)43)36(45)41-50(47,21-24)42-37(46)40-29-11-12-30(44)19-29/h3,7,9-10,14-15,17-18,24,27,29-31,34,44H,4-6,8,11-13,16,19-23H2,1-2H3,(H2,40,41,42,45,46,47)/b7-3-/t24-,27-,29+,30+,31+,34-,38-,50?/m0/s1. The molecule has 50 heavy (non-hydrogen) atoms. The molecule has 3 aliphatic carbocycles. The second-order valence-corrected chi connectivity index (χ2v) is 17.6. The van der Waals surface area contributed by atoms with E-state index in [0.717, 1.165) is 49.4 Å². The molecule has 2 bridgehead atoms. The van der Waals surface area contributed by atoms with Crippen molar-refractivity contribution in [3.8, 4) is 5.75 Å². The van der Waals surface area contributed by atoms with Gasteiger partial charge in [-0.05, 0) is 117 Å². The highest BCUT2D eigenvalue weighted by Gasteiger charge is 2.44. The summed E-state index contributed by atoms with van der Waals surface area (Å²) in [5.41, 5.74) is 3.38. The highest BCUT2D eigenvalue weighted by atomic mass is 35.5. The number of aliphatic hydroxyl groups excluding tert-OH is 1. The third-order valence-electron chi connectivity index (χ3n) is 11.5. The lowest BCUT2D eigenvalue weighted by atomic mass is 9.68. The van der Waals surface area contributed by atoms with E-state index in [1.165, 1.54) is 11.1 Å². The highest BCUT2D eigenvalue weighted by molar-refractivity contribution is 7.92. The maximum absolute atomic E-state index is 14.4. The molecular weight excluding hydrogens is 676 g/mol. The van der Waals surface area contributed by atoms with Crippen molar-refractivity contribution in [1.29, 1.82) is 0 Å². The molecule has 0 radical (unpaired) electrons.